The van der Waals surface area contributed by atoms with Crippen LogP contribution >= 0.6 is 23.2 Å². The van der Waals surface area contributed by atoms with Crippen LogP contribution in [-0.2, 0) is 0 Å². The summed E-state index contributed by atoms with van der Waals surface area (Å²) in [6.45, 7) is 0. The second kappa shape index (κ2) is 3.60. The van der Waals surface area contributed by atoms with E-state index in [1.165, 1.54) is 12.4 Å². The number of hydrogen-bond acceptors (Lipinski definition) is 3. The van der Waals surface area contributed by atoms with E-state index in [4.69, 9.17) is 34.1 Å². The van der Waals surface area contributed by atoms with Crippen LogP contribution < -0.4 is 5.73 Å². The Balaban J connectivity index is 3.31. The molecule has 1 heterocycles. The van der Waals surface area contributed by atoms with Gasteiger partial charge in [0.2, 0.25) is 0 Å². The summed E-state index contributed by atoms with van der Waals surface area (Å²) in [6, 6.07) is 0. The van der Waals surface area contributed by atoms with Gasteiger partial charge in [0.05, 0.1) is 15.6 Å². The quantitative estimate of drug-likeness (QED) is 0.316. The maximum absolute atomic E-state index is 8.36. The number of rotatable bonds is 1. The Kier molecular flexibility index (Phi) is 2.73. The van der Waals surface area contributed by atoms with Crippen LogP contribution in [0.25, 0.3) is 0 Å². The molecule has 1 rings (SSSR count). The molecule has 6 heteroatoms. The number of amidine groups is 1. The van der Waals surface area contributed by atoms with Crippen LogP contribution in [0.4, 0.5) is 0 Å². The molecule has 0 unspecified atom stereocenters. The van der Waals surface area contributed by atoms with E-state index in [-0.39, 0.29) is 21.4 Å². The van der Waals surface area contributed by atoms with Gasteiger partial charge in [-0.05, 0) is 0 Å². The van der Waals surface area contributed by atoms with E-state index in [2.05, 4.69) is 10.1 Å². The molecule has 64 valence electrons. The minimum absolute atomic E-state index is 0.132. The minimum Gasteiger partial charge on any atom is -0.409 e. The number of hydrogen-bond donors (Lipinski definition) is 2. The monoisotopic (exact) mass is 205 g/mol. The zero-order valence-corrected chi connectivity index (χ0v) is 7.34. The Morgan fingerprint density at radius 3 is 2.33 bits per heavy atom. The zero-order chi connectivity index (χ0) is 9.14. The summed E-state index contributed by atoms with van der Waals surface area (Å²) in [5, 5.41) is 11.6. The van der Waals surface area contributed by atoms with E-state index in [0.29, 0.717) is 0 Å². The number of nitrogens with zero attached hydrogens (tertiary/aromatic N) is 2. The highest BCUT2D eigenvalue weighted by atomic mass is 35.5. The van der Waals surface area contributed by atoms with E-state index in [1.807, 2.05) is 0 Å². The minimum atomic E-state index is -0.132. The van der Waals surface area contributed by atoms with Crippen LogP contribution in [0, 0.1) is 0 Å². The summed E-state index contributed by atoms with van der Waals surface area (Å²) in [4.78, 5) is 3.71. The van der Waals surface area contributed by atoms with Crippen LogP contribution in [0.2, 0.25) is 10.0 Å². The second-order valence-corrected chi connectivity index (χ2v) is 2.78. The topological polar surface area (TPSA) is 71.5 Å². The lowest BCUT2D eigenvalue weighted by atomic mass is 10.2. The maximum atomic E-state index is 8.36. The Bertz CT molecular complexity index is 306. The van der Waals surface area contributed by atoms with Gasteiger partial charge in [0.15, 0.2) is 5.84 Å². The largest absolute Gasteiger partial charge is 0.409 e. The Hall–Kier alpha value is -1.00. The molecule has 0 aromatic carbocycles. The fourth-order valence-electron chi connectivity index (χ4n) is 0.706. The van der Waals surface area contributed by atoms with Gasteiger partial charge in [0.1, 0.15) is 0 Å². The number of oxime groups is 1. The first kappa shape index (κ1) is 9.09. The van der Waals surface area contributed by atoms with Crippen molar-refractivity contribution in [2.24, 2.45) is 10.9 Å². The average molecular weight is 206 g/mol. The molecule has 1 aromatic rings. The van der Waals surface area contributed by atoms with E-state index in [1.54, 1.807) is 0 Å². The van der Waals surface area contributed by atoms with Gasteiger partial charge in [-0.15, -0.1) is 0 Å². The van der Waals surface area contributed by atoms with Crippen molar-refractivity contribution >= 4 is 29.0 Å². The van der Waals surface area contributed by atoms with Gasteiger partial charge in [0, 0.05) is 12.4 Å². The molecule has 0 atom stereocenters. The third kappa shape index (κ3) is 1.60. The van der Waals surface area contributed by atoms with Crippen molar-refractivity contribution in [1.29, 1.82) is 0 Å². The molecule has 0 aliphatic rings. The number of pyridine rings is 1. The number of halogens is 2. The van der Waals surface area contributed by atoms with Gasteiger partial charge in [0.25, 0.3) is 0 Å². The molecule has 0 aliphatic carbocycles. The molecule has 4 nitrogen and oxygen atoms in total. The predicted octanol–water partition coefficient (Wildman–Crippen LogP) is 1.48. The third-order valence-electron chi connectivity index (χ3n) is 1.22. The molecule has 0 fully saturated rings. The molecule has 0 saturated heterocycles. The summed E-state index contributed by atoms with van der Waals surface area (Å²) in [5.41, 5.74) is 5.59. The van der Waals surface area contributed by atoms with Crippen LogP contribution in [0.5, 0.6) is 0 Å². The van der Waals surface area contributed by atoms with Crippen molar-refractivity contribution in [3.05, 3.63) is 28.0 Å². The Morgan fingerprint density at radius 1 is 1.42 bits per heavy atom. The fourth-order valence-corrected chi connectivity index (χ4v) is 1.26. The molecular formula is C6H5Cl2N3O. The SMILES string of the molecule is N/C(=N\O)c1c(Cl)cncc1Cl. The molecule has 0 aliphatic heterocycles. The standard InChI is InChI=1S/C6H5Cl2N3O/c7-3-1-10-2-4(8)5(3)6(9)11-12/h1-2,12H,(H2,9,11). The highest BCUT2D eigenvalue weighted by molar-refractivity contribution is 6.39. The first-order valence-electron chi connectivity index (χ1n) is 2.93. The van der Waals surface area contributed by atoms with Gasteiger partial charge in [-0.25, -0.2) is 0 Å². The summed E-state index contributed by atoms with van der Waals surface area (Å²) >= 11 is 11.4. The molecule has 1 aromatic heterocycles. The second-order valence-electron chi connectivity index (χ2n) is 1.96. The van der Waals surface area contributed by atoms with Gasteiger partial charge < -0.3 is 10.9 Å². The lowest BCUT2D eigenvalue weighted by Gasteiger charge is -2.02. The molecule has 0 amide bonds. The molecule has 0 spiro atoms. The van der Waals surface area contributed by atoms with E-state index < -0.39 is 0 Å². The van der Waals surface area contributed by atoms with E-state index in [0.717, 1.165) is 0 Å². The highest BCUT2D eigenvalue weighted by Crippen LogP contribution is 2.21. The van der Waals surface area contributed by atoms with E-state index >= 15 is 0 Å². The molecular weight excluding hydrogens is 201 g/mol. The molecule has 12 heavy (non-hydrogen) atoms. The highest BCUT2D eigenvalue weighted by Gasteiger charge is 2.09. The van der Waals surface area contributed by atoms with Crippen LogP contribution in [-0.4, -0.2) is 16.0 Å². The summed E-state index contributed by atoms with van der Waals surface area (Å²) < 4.78 is 0. The lowest BCUT2D eigenvalue weighted by Crippen LogP contribution is -2.14. The lowest BCUT2D eigenvalue weighted by molar-refractivity contribution is 0.318. The first-order chi connectivity index (χ1) is 5.66. The van der Waals surface area contributed by atoms with Crippen molar-refractivity contribution in [1.82, 2.24) is 4.98 Å². The van der Waals surface area contributed by atoms with Crippen LogP contribution in [0.1, 0.15) is 5.56 Å². The molecule has 0 radical (unpaired) electrons. The molecule has 0 bridgehead atoms. The molecule has 0 saturated carbocycles. The molecule has 3 N–H and O–H groups in total. The number of aromatic nitrogens is 1. The zero-order valence-electron chi connectivity index (χ0n) is 5.83. The van der Waals surface area contributed by atoms with Gasteiger partial charge in [-0.1, -0.05) is 28.4 Å². The van der Waals surface area contributed by atoms with Crippen molar-refractivity contribution in [2.45, 2.75) is 0 Å². The summed E-state index contributed by atoms with van der Waals surface area (Å²) in [6.07, 6.45) is 2.72. The Morgan fingerprint density at radius 2 is 1.92 bits per heavy atom. The van der Waals surface area contributed by atoms with Crippen LogP contribution in [0.3, 0.4) is 0 Å². The summed E-state index contributed by atoms with van der Waals surface area (Å²) in [7, 11) is 0. The van der Waals surface area contributed by atoms with Gasteiger partial charge in [-0.3, -0.25) is 4.98 Å². The van der Waals surface area contributed by atoms with Crippen molar-refractivity contribution in [2.75, 3.05) is 0 Å². The third-order valence-corrected chi connectivity index (χ3v) is 1.79. The predicted molar refractivity (Wildman–Crippen MR) is 46.8 cm³/mol. The normalized spacial score (nSPS) is 11.7. The van der Waals surface area contributed by atoms with Crippen LogP contribution in [0.15, 0.2) is 17.5 Å². The summed E-state index contributed by atoms with van der Waals surface area (Å²) in [5.74, 6) is -0.132. The first-order valence-corrected chi connectivity index (χ1v) is 3.69. The van der Waals surface area contributed by atoms with Gasteiger partial charge >= 0.3 is 0 Å². The number of nitrogens with two attached hydrogens (primary N) is 1. The van der Waals surface area contributed by atoms with Crippen molar-refractivity contribution in [3.8, 4) is 0 Å². The average Bonchev–Trinajstić information content (AvgIpc) is 2.03. The maximum Gasteiger partial charge on any atom is 0.173 e. The van der Waals surface area contributed by atoms with Gasteiger partial charge in [-0.2, -0.15) is 0 Å². The fraction of sp³-hybridized carbons (Fsp3) is 0. The van der Waals surface area contributed by atoms with Crippen molar-refractivity contribution < 1.29 is 5.21 Å². The van der Waals surface area contributed by atoms with Crippen molar-refractivity contribution in [3.63, 3.8) is 0 Å². The smallest absolute Gasteiger partial charge is 0.173 e. The van der Waals surface area contributed by atoms with E-state index in [9.17, 15) is 0 Å². The Labute approximate surface area is 78.6 Å².